The van der Waals surface area contributed by atoms with Gasteiger partial charge in [0, 0.05) is 18.6 Å². The Labute approximate surface area is 131 Å². The lowest BCUT2D eigenvalue weighted by Gasteiger charge is -2.21. The highest BCUT2D eigenvalue weighted by molar-refractivity contribution is 5.75. The monoisotopic (exact) mass is 300 g/mol. The lowest BCUT2D eigenvalue weighted by Crippen LogP contribution is -2.42. The zero-order valence-electron chi connectivity index (χ0n) is 12.8. The molecule has 22 heavy (non-hydrogen) atoms. The number of carbonyl (C=O) groups excluding carboxylic acids is 1. The average molecular weight is 300 g/mol. The summed E-state index contributed by atoms with van der Waals surface area (Å²) in [5.41, 5.74) is 2.61. The fourth-order valence-corrected chi connectivity index (χ4v) is 3.46. The van der Waals surface area contributed by atoms with Crippen LogP contribution in [0.3, 0.4) is 0 Å². The quantitative estimate of drug-likeness (QED) is 0.594. The average Bonchev–Trinajstić information content (AvgIpc) is 2.88. The number of urea groups is 1. The summed E-state index contributed by atoms with van der Waals surface area (Å²) in [6, 6.07) is 8.41. The van der Waals surface area contributed by atoms with Crippen LogP contribution >= 0.6 is 0 Å². The minimum atomic E-state index is -0.116. The molecule has 2 aliphatic rings. The van der Waals surface area contributed by atoms with Crippen LogP contribution in [0.15, 0.2) is 36.4 Å². The highest BCUT2D eigenvalue weighted by Gasteiger charge is 2.23. The van der Waals surface area contributed by atoms with Crippen LogP contribution in [0.25, 0.3) is 0 Å². The molecule has 4 heteroatoms. The third-order valence-corrected chi connectivity index (χ3v) is 4.65. The third-order valence-electron chi connectivity index (χ3n) is 4.65. The fourth-order valence-electron chi connectivity index (χ4n) is 3.46. The molecule has 3 atom stereocenters. The van der Waals surface area contributed by atoms with Gasteiger partial charge in [0.25, 0.3) is 0 Å². The second-order valence-corrected chi connectivity index (χ2v) is 6.28. The summed E-state index contributed by atoms with van der Waals surface area (Å²) in [5, 5.41) is 15.3. The van der Waals surface area contributed by atoms with Gasteiger partial charge in [0.05, 0.1) is 6.04 Å². The number of nitrogens with one attached hydrogen (secondary N) is 2. The summed E-state index contributed by atoms with van der Waals surface area (Å²) in [6.45, 7) is 0.145. The number of amides is 2. The van der Waals surface area contributed by atoms with Crippen molar-refractivity contribution in [3.8, 4) is 0 Å². The molecule has 118 valence electrons. The van der Waals surface area contributed by atoms with Crippen molar-refractivity contribution >= 4 is 6.03 Å². The molecule has 0 aliphatic heterocycles. The van der Waals surface area contributed by atoms with Crippen molar-refractivity contribution in [1.29, 1.82) is 0 Å². The molecule has 0 radical (unpaired) electrons. The van der Waals surface area contributed by atoms with Crippen LogP contribution in [0.2, 0.25) is 0 Å². The van der Waals surface area contributed by atoms with Crippen LogP contribution in [-0.2, 0) is 6.42 Å². The molecule has 0 spiro atoms. The number of benzene rings is 1. The maximum atomic E-state index is 12.3. The van der Waals surface area contributed by atoms with E-state index in [9.17, 15) is 4.79 Å². The lowest BCUT2D eigenvalue weighted by atomic mass is 9.99. The Bertz CT molecular complexity index is 556. The second-order valence-electron chi connectivity index (χ2n) is 6.28. The lowest BCUT2D eigenvalue weighted by molar-refractivity contribution is 0.228. The zero-order chi connectivity index (χ0) is 15.4. The highest BCUT2D eigenvalue weighted by Crippen LogP contribution is 2.28. The van der Waals surface area contributed by atoms with E-state index < -0.39 is 0 Å². The Kier molecular flexibility index (Phi) is 4.78. The fraction of sp³-hybridized carbons (Fsp3) is 0.500. The number of aliphatic hydroxyl groups is 1. The number of aliphatic hydroxyl groups excluding tert-OH is 1. The van der Waals surface area contributed by atoms with E-state index in [1.54, 1.807) is 0 Å². The van der Waals surface area contributed by atoms with Crippen molar-refractivity contribution in [2.75, 3.05) is 6.61 Å². The zero-order valence-corrected chi connectivity index (χ0v) is 12.8. The van der Waals surface area contributed by atoms with E-state index in [4.69, 9.17) is 5.11 Å². The third kappa shape index (κ3) is 3.50. The summed E-state index contributed by atoms with van der Waals surface area (Å²) in [5.74, 6) is 0.170. The van der Waals surface area contributed by atoms with Crippen molar-refractivity contribution in [1.82, 2.24) is 10.6 Å². The number of hydrogen-bond acceptors (Lipinski definition) is 2. The topological polar surface area (TPSA) is 61.4 Å². The molecule has 3 N–H and O–H groups in total. The van der Waals surface area contributed by atoms with Gasteiger partial charge in [-0.25, -0.2) is 4.79 Å². The van der Waals surface area contributed by atoms with E-state index in [1.807, 2.05) is 18.2 Å². The summed E-state index contributed by atoms with van der Waals surface area (Å²) in [7, 11) is 0. The van der Waals surface area contributed by atoms with Crippen molar-refractivity contribution in [3.05, 3.63) is 47.5 Å². The normalized spacial score (nSPS) is 27.0. The summed E-state index contributed by atoms with van der Waals surface area (Å²) < 4.78 is 0. The Morgan fingerprint density at radius 2 is 2.05 bits per heavy atom. The van der Waals surface area contributed by atoms with Crippen molar-refractivity contribution in [2.24, 2.45) is 5.92 Å². The molecule has 0 heterocycles. The predicted octanol–water partition coefficient (Wildman–Crippen LogP) is 2.69. The SMILES string of the molecule is O=C(N[C@@H]1C=C[C@H](CO)C1)N[C@H]1CCCCc2ccccc21. The van der Waals surface area contributed by atoms with Crippen LogP contribution in [0.5, 0.6) is 0 Å². The number of fused-ring (bicyclic) bond motifs is 1. The smallest absolute Gasteiger partial charge is 0.315 e. The molecule has 0 saturated heterocycles. The number of aryl methyl sites for hydroxylation is 1. The molecule has 1 aromatic rings. The predicted molar refractivity (Wildman–Crippen MR) is 86.5 cm³/mol. The van der Waals surface area contributed by atoms with Gasteiger partial charge in [0.2, 0.25) is 0 Å². The van der Waals surface area contributed by atoms with Crippen molar-refractivity contribution in [3.63, 3.8) is 0 Å². The van der Waals surface area contributed by atoms with Gasteiger partial charge in [-0.2, -0.15) is 0 Å². The van der Waals surface area contributed by atoms with Gasteiger partial charge < -0.3 is 15.7 Å². The molecular formula is C18H24N2O2. The van der Waals surface area contributed by atoms with Crippen LogP contribution in [-0.4, -0.2) is 23.8 Å². The maximum Gasteiger partial charge on any atom is 0.315 e. The van der Waals surface area contributed by atoms with Gasteiger partial charge in [0.1, 0.15) is 0 Å². The minimum Gasteiger partial charge on any atom is -0.396 e. The summed E-state index contributed by atoms with van der Waals surface area (Å²) in [6.07, 6.45) is 9.14. The Balaban J connectivity index is 1.61. The number of rotatable bonds is 3. The van der Waals surface area contributed by atoms with E-state index in [0.717, 1.165) is 25.7 Å². The molecule has 0 unspecified atom stereocenters. The van der Waals surface area contributed by atoms with Gasteiger partial charge in [-0.15, -0.1) is 0 Å². The molecular weight excluding hydrogens is 276 g/mol. The first-order chi connectivity index (χ1) is 10.8. The Morgan fingerprint density at radius 3 is 2.86 bits per heavy atom. The first kappa shape index (κ1) is 15.1. The number of carbonyl (C=O) groups is 1. The van der Waals surface area contributed by atoms with Gasteiger partial charge in [-0.1, -0.05) is 42.8 Å². The van der Waals surface area contributed by atoms with Gasteiger partial charge >= 0.3 is 6.03 Å². The van der Waals surface area contributed by atoms with E-state index in [-0.39, 0.29) is 30.6 Å². The standard InChI is InChI=1S/C18H24N2O2/c21-12-13-9-10-15(11-13)19-18(22)20-17-8-4-2-6-14-5-1-3-7-16(14)17/h1,3,5,7,9-10,13,15,17,21H,2,4,6,8,11-12H2,(H2,19,20,22)/t13-,15+,17-/m0/s1. The van der Waals surface area contributed by atoms with Crippen LogP contribution < -0.4 is 10.6 Å². The molecule has 0 aromatic heterocycles. The molecule has 1 aromatic carbocycles. The highest BCUT2D eigenvalue weighted by atomic mass is 16.3. The van der Waals surface area contributed by atoms with Crippen LogP contribution in [0.1, 0.15) is 42.9 Å². The largest absolute Gasteiger partial charge is 0.396 e. The molecule has 0 fully saturated rings. The van der Waals surface area contributed by atoms with E-state index in [1.165, 1.54) is 17.5 Å². The Hall–Kier alpha value is -1.81. The first-order valence-corrected chi connectivity index (χ1v) is 8.20. The maximum absolute atomic E-state index is 12.3. The minimum absolute atomic E-state index is 0.0261. The van der Waals surface area contributed by atoms with Crippen molar-refractivity contribution < 1.29 is 9.90 Å². The van der Waals surface area contributed by atoms with Gasteiger partial charge in [-0.3, -0.25) is 0 Å². The van der Waals surface area contributed by atoms with E-state index in [2.05, 4.69) is 28.8 Å². The summed E-state index contributed by atoms with van der Waals surface area (Å²) in [4.78, 5) is 12.3. The van der Waals surface area contributed by atoms with Gasteiger partial charge in [-0.05, 0) is 36.8 Å². The molecule has 2 aliphatic carbocycles. The van der Waals surface area contributed by atoms with Crippen molar-refractivity contribution in [2.45, 2.75) is 44.2 Å². The Morgan fingerprint density at radius 1 is 1.18 bits per heavy atom. The molecule has 0 saturated carbocycles. The molecule has 4 nitrogen and oxygen atoms in total. The van der Waals surface area contributed by atoms with Crippen LogP contribution in [0, 0.1) is 5.92 Å². The molecule has 2 amide bonds. The summed E-state index contributed by atoms with van der Waals surface area (Å²) >= 11 is 0. The van der Waals surface area contributed by atoms with Gasteiger partial charge in [0.15, 0.2) is 0 Å². The van der Waals surface area contributed by atoms with Crippen LogP contribution in [0.4, 0.5) is 4.79 Å². The van der Waals surface area contributed by atoms with E-state index in [0.29, 0.717) is 0 Å². The number of hydrogen-bond donors (Lipinski definition) is 3. The van der Waals surface area contributed by atoms with E-state index >= 15 is 0 Å². The first-order valence-electron chi connectivity index (χ1n) is 8.20. The second kappa shape index (κ2) is 6.97. The molecule has 3 rings (SSSR count). The molecule has 0 bridgehead atoms.